The zero-order valence-corrected chi connectivity index (χ0v) is 14.3. The minimum atomic E-state index is -0.0339. The Bertz CT molecular complexity index is 816. The number of rotatable bonds is 5. The van der Waals surface area contributed by atoms with Gasteiger partial charge < -0.3 is 14.6 Å². The highest BCUT2D eigenvalue weighted by molar-refractivity contribution is 9.10. The second-order valence-electron chi connectivity index (χ2n) is 5.20. The zero-order valence-electron chi connectivity index (χ0n) is 12.8. The minimum absolute atomic E-state index is 0.0339. The molecule has 0 spiro atoms. The Morgan fingerprint density at radius 2 is 1.74 bits per heavy atom. The molecule has 0 heterocycles. The fourth-order valence-electron chi connectivity index (χ4n) is 2.54. The van der Waals surface area contributed by atoms with E-state index in [-0.39, 0.29) is 6.61 Å². The molecule has 3 nitrogen and oxygen atoms in total. The van der Waals surface area contributed by atoms with E-state index in [4.69, 9.17) is 9.47 Å². The average molecular weight is 373 g/mol. The number of aliphatic hydroxyl groups is 1. The number of halogens is 1. The molecule has 0 amide bonds. The van der Waals surface area contributed by atoms with Gasteiger partial charge in [-0.3, -0.25) is 0 Å². The molecule has 4 heteroatoms. The molecular formula is C19H17BrO3. The van der Waals surface area contributed by atoms with Crippen molar-refractivity contribution in [2.75, 3.05) is 7.11 Å². The maximum Gasteiger partial charge on any atom is 0.131 e. The van der Waals surface area contributed by atoms with Crippen LogP contribution in [-0.2, 0) is 13.2 Å². The Hall–Kier alpha value is -2.04. The SMILES string of the molecule is COc1cc(CO)cc2c(Br)ccc(OCc3ccccc3)c12. The first-order valence-corrected chi connectivity index (χ1v) is 8.09. The molecule has 3 rings (SSSR count). The van der Waals surface area contributed by atoms with Gasteiger partial charge in [-0.05, 0) is 35.4 Å². The predicted molar refractivity (Wildman–Crippen MR) is 94.9 cm³/mol. The number of aliphatic hydroxyl groups excluding tert-OH is 1. The first kappa shape index (κ1) is 15.8. The lowest BCUT2D eigenvalue weighted by Crippen LogP contribution is -1.98. The van der Waals surface area contributed by atoms with Crippen LogP contribution < -0.4 is 9.47 Å². The highest BCUT2D eigenvalue weighted by atomic mass is 79.9. The van der Waals surface area contributed by atoms with E-state index in [1.165, 1.54) is 0 Å². The topological polar surface area (TPSA) is 38.7 Å². The highest BCUT2D eigenvalue weighted by Crippen LogP contribution is 2.39. The molecule has 0 saturated heterocycles. The van der Waals surface area contributed by atoms with Gasteiger partial charge in [-0.15, -0.1) is 0 Å². The van der Waals surface area contributed by atoms with Gasteiger partial charge in [-0.25, -0.2) is 0 Å². The summed E-state index contributed by atoms with van der Waals surface area (Å²) >= 11 is 3.56. The Kier molecular flexibility index (Phi) is 4.84. The van der Waals surface area contributed by atoms with Gasteiger partial charge in [0.25, 0.3) is 0 Å². The number of benzene rings is 3. The summed E-state index contributed by atoms with van der Waals surface area (Å²) in [5.41, 5.74) is 1.91. The normalized spacial score (nSPS) is 10.7. The van der Waals surface area contributed by atoms with Crippen molar-refractivity contribution in [3.05, 3.63) is 70.2 Å². The monoisotopic (exact) mass is 372 g/mol. The van der Waals surface area contributed by atoms with Crippen molar-refractivity contribution in [2.24, 2.45) is 0 Å². The van der Waals surface area contributed by atoms with Crippen LogP contribution >= 0.6 is 15.9 Å². The molecule has 1 N–H and O–H groups in total. The predicted octanol–water partition coefficient (Wildman–Crippen LogP) is 4.68. The van der Waals surface area contributed by atoms with Gasteiger partial charge in [-0.1, -0.05) is 46.3 Å². The van der Waals surface area contributed by atoms with E-state index in [1.807, 2.05) is 54.6 Å². The average Bonchev–Trinajstić information content (AvgIpc) is 2.61. The molecule has 0 aliphatic carbocycles. The smallest absolute Gasteiger partial charge is 0.131 e. The summed E-state index contributed by atoms with van der Waals surface area (Å²) in [6, 6.07) is 17.7. The van der Waals surface area contributed by atoms with Crippen LogP contribution in [0.2, 0.25) is 0 Å². The summed E-state index contributed by atoms with van der Waals surface area (Å²) in [4.78, 5) is 0. The lowest BCUT2D eigenvalue weighted by Gasteiger charge is -2.15. The highest BCUT2D eigenvalue weighted by Gasteiger charge is 2.13. The molecule has 0 unspecified atom stereocenters. The molecule has 0 saturated carbocycles. The number of methoxy groups -OCH3 is 1. The van der Waals surface area contributed by atoms with Crippen LogP contribution in [0.1, 0.15) is 11.1 Å². The lowest BCUT2D eigenvalue weighted by molar-refractivity contribution is 0.281. The first-order valence-electron chi connectivity index (χ1n) is 7.29. The molecule has 3 aromatic rings. The van der Waals surface area contributed by atoms with E-state index in [1.54, 1.807) is 7.11 Å². The molecule has 0 aliphatic rings. The van der Waals surface area contributed by atoms with Crippen LogP contribution in [0, 0.1) is 0 Å². The molecule has 23 heavy (non-hydrogen) atoms. The second kappa shape index (κ2) is 7.02. The van der Waals surface area contributed by atoms with Crippen LogP contribution in [0.3, 0.4) is 0 Å². The third-order valence-corrected chi connectivity index (χ3v) is 4.38. The Labute approximate surface area is 143 Å². The lowest BCUT2D eigenvalue weighted by atomic mass is 10.0. The number of fused-ring (bicyclic) bond motifs is 1. The van der Waals surface area contributed by atoms with Crippen molar-refractivity contribution in [2.45, 2.75) is 13.2 Å². The van der Waals surface area contributed by atoms with Crippen LogP contribution in [0.25, 0.3) is 10.8 Å². The molecule has 0 aliphatic heterocycles. The van der Waals surface area contributed by atoms with E-state index >= 15 is 0 Å². The van der Waals surface area contributed by atoms with Crippen LogP contribution in [0.4, 0.5) is 0 Å². The van der Waals surface area contributed by atoms with Crippen LogP contribution in [0.15, 0.2) is 59.1 Å². The molecule has 0 bridgehead atoms. The van der Waals surface area contributed by atoms with E-state index in [9.17, 15) is 5.11 Å². The van der Waals surface area contributed by atoms with Gasteiger partial charge in [-0.2, -0.15) is 0 Å². The summed E-state index contributed by atoms with van der Waals surface area (Å²) < 4.78 is 12.5. The van der Waals surface area contributed by atoms with Gasteiger partial charge in [0.1, 0.15) is 18.1 Å². The third-order valence-electron chi connectivity index (χ3n) is 3.69. The van der Waals surface area contributed by atoms with Crippen LogP contribution in [0.5, 0.6) is 11.5 Å². The number of hydrogen-bond acceptors (Lipinski definition) is 3. The van der Waals surface area contributed by atoms with Crippen molar-refractivity contribution >= 4 is 26.7 Å². The van der Waals surface area contributed by atoms with Crippen LogP contribution in [-0.4, -0.2) is 12.2 Å². The zero-order chi connectivity index (χ0) is 16.2. The Morgan fingerprint density at radius 3 is 2.43 bits per heavy atom. The molecule has 0 fully saturated rings. The van der Waals surface area contributed by atoms with Gasteiger partial charge in [0, 0.05) is 9.86 Å². The molecular weight excluding hydrogens is 356 g/mol. The van der Waals surface area contributed by atoms with E-state index in [0.717, 1.165) is 32.1 Å². The minimum Gasteiger partial charge on any atom is -0.496 e. The van der Waals surface area contributed by atoms with Gasteiger partial charge in [0.05, 0.1) is 19.1 Å². The van der Waals surface area contributed by atoms with Gasteiger partial charge in [0.2, 0.25) is 0 Å². The van der Waals surface area contributed by atoms with E-state index in [0.29, 0.717) is 12.4 Å². The second-order valence-corrected chi connectivity index (χ2v) is 6.05. The van der Waals surface area contributed by atoms with Crippen molar-refractivity contribution in [3.63, 3.8) is 0 Å². The Balaban J connectivity index is 2.05. The molecule has 0 aromatic heterocycles. The quantitative estimate of drug-likeness (QED) is 0.706. The van der Waals surface area contributed by atoms with Crippen molar-refractivity contribution in [1.82, 2.24) is 0 Å². The van der Waals surface area contributed by atoms with Crippen molar-refractivity contribution in [3.8, 4) is 11.5 Å². The van der Waals surface area contributed by atoms with Crippen molar-refractivity contribution in [1.29, 1.82) is 0 Å². The van der Waals surface area contributed by atoms with E-state index in [2.05, 4.69) is 15.9 Å². The molecule has 0 radical (unpaired) electrons. The molecule has 3 aromatic carbocycles. The summed E-state index contributed by atoms with van der Waals surface area (Å²) in [5.74, 6) is 1.45. The standard InChI is InChI=1S/C19H17BrO3/c1-22-18-10-14(11-21)9-15-16(20)7-8-17(19(15)18)23-12-13-5-3-2-4-6-13/h2-10,21H,11-12H2,1H3. The summed E-state index contributed by atoms with van der Waals surface area (Å²) in [7, 11) is 1.62. The molecule has 0 atom stereocenters. The maximum atomic E-state index is 9.43. The molecule has 118 valence electrons. The maximum absolute atomic E-state index is 9.43. The first-order chi connectivity index (χ1) is 11.2. The van der Waals surface area contributed by atoms with Crippen molar-refractivity contribution < 1.29 is 14.6 Å². The van der Waals surface area contributed by atoms with Gasteiger partial charge >= 0.3 is 0 Å². The van der Waals surface area contributed by atoms with E-state index < -0.39 is 0 Å². The van der Waals surface area contributed by atoms with Gasteiger partial charge in [0.15, 0.2) is 0 Å². The summed E-state index contributed by atoms with van der Waals surface area (Å²) in [6.07, 6.45) is 0. The third kappa shape index (κ3) is 3.33. The Morgan fingerprint density at radius 1 is 0.957 bits per heavy atom. The fraction of sp³-hybridized carbons (Fsp3) is 0.158. The largest absolute Gasteiger partial charge is 0.496 e. The summed E-state index contributed by atoms with van der Waals surface area (Å²) in [6.45, 7) is 0.455. The number of ether oxygens (including phenoxy) is 2. The summed E-state index contributed by atoms with van der Waals surface area (Å²) in [5, 5.41) is 11.3. The number of hydrogen-bond donors (Lipinski definition) is 1. The fourth-order valence-corrected chi connectivity index (χ4v) is 2.99.